The van der Waals surface area contributed by atoms with Crippen LogP contribution in [0.4, 0.5) is 0 Å². The fourth-order valence-corrected chi connectivity index (χ4v) is 6.20. The summed E-state index contributed by atoms with van der Waals surface area (Å²) in [6.45, 7) is 9.39. The third-order valence-electron chi connectivity index (χ3n) is 1.28. The van der Waals surface area contributed by atoms with Crippen molar-refractivity contribution in [1.82, 2.24) is 0 Å². The molecule has 0 aliphatic rings. The van der Waals surface area contributed by atoms with Crippen LogP contribution in [0.1, 0.15) is 27.7 Å². The van der Waals surface area contributed by atoms with Crippen LogP contribution in [0.25, 0.3) is 0 Å². The van der Waals surface area contributed by atoms with E-state index in [9.17, 15) is 0 Å². The van der Waals surface area contributed by atoms with Crippen molar-refractivity contribution in [3.8, 4) is 0 Å². The third-order valence-corrected chi connectivity index (χ3v) is 11.2. The van der Waals surface area contributed by atoms with Crippen LogP contribution < -0.4 is 0 Å². The monoisotopic (exact) mass is 302 g/mol. The van der Waals surface area contributed by atoms with Gasteiger partial charge in [0.1, 0.15) is 0 Å². The van der Waals surface area contributed by atoms with Gasteiger partial charge in [-0.05, 0) is 0 Å². The van der Waals surface area contributed by atoms with E-state index in [1.54, 1.807) is 7.86 Å². The van der Waals surface area contributed by atoms with Gasteiger partial charge in [0.05, 0.1) is 0 Å². The molecule has 0 radical (unpaired) electrons. The molecule has 0 aromatic rings. The van der Waals surface area contributed by atoms with Crippen molar-refractivity contribution >= 4 is 0 Å². The molecule has 0 spiro atoms. The molecule has 0 fully saturated rings. The van der Waals surface area contributed by atoms with Crippen LogP contribution in [-0.2, 0) is 24.6 Å². The minimum absolute atomic E-state index is 0.319. The normalized spacial score (nSPS) is 11.0. The molecular formula is C7H16Hg. The van der Waals surface area contributed by atoms with Crippen LogP contribution in [0.2, 0.25) is 7.86 Å². The first-order valence-electron chi connectivity index (χ1n) is 3.56. The van der Waals surface area contributed by atoms with Gasteiger partial charge in [-0.15, -0.1) is 0 Å². The summed E-state index contributed by atoms with van der Waals surface area (Å²) in [6, 6.07) is 0. The summed E-state index contributed by atoms with van der Waals surface area (Å²) in [6.07, 6.45) is 0. The van der Waals surface area contributed by atoms with Gasteiger partial charge in [0.25, 0.3) is 0 Å². The SMILES string of the molecule is C[CH2][Hg][CH2]C(C)(C)C. The van der Waals surface area contributed by atoms with Crippen molar-refractivity contribution in [1.29, 1.82) is 0 Å². The molecule has 1 heteroatoms. The zero-order chi connectivity index (χ0) is 6.62. The molecule has 0 atom stereocenters. The second kappa shape index (κ2) is 3.87. The van der Waals surface area contributed by atoms with Gasteiger partial charge in [0.2, 0.25) is 0 Å². The maximum atomic E-state index is 2.35. The molecule has 0 bridgehead atoms. The second-order valence-electron chi connectivity index (χ2n) is 3.66. The topological polar surface area (TPSA) is 0 Å². The standard InChI is InChI=1S/C5H11.C2H5.Hg/c1-5(2,3)4;1-2;/h1H2,2-4H3;1H2,2H3;. The molecule has 0 nitrogen and oxygen atoms in total. The Hall–Kier alpha value is 0.935. The summed E-state index contributed by atoms with van der Waals surface area (Å²) in [4.78, 5) is 0. The Bertz CT molecular complexity index is 51.9. The first-order valence-corrected chi connectivity index (χ1v) is 11.3. The summed E-state index contributed by atoms with van der Waals surface area (Å²) in [5.74, 6) is 0. The van der Waals surface area contributed by atoms with Gasteiger partial charge >= 0.3 is 65.5 Å². The molecule has 8 heavy (non-hydrogen) atoms. The fourth-order valence-electron chi connectivity index (χ4n) is 0.707. The van der Waals surface area contributed by atoms with E-state index < -0.39 is 0 Å². The van der Waals surface area contributed by atoms with Crippen molar-refractivity contribution in [3.63, 3.8) is 0 Å². The van der Waals surface area contributed by atoms with Crippen molar-refractivity contribution in [2.24, 2.45) is 5.41 Å². The van der Waals surface area contributed by atoms with Crippen LogP contribution in [0.5, 0.6) is 0 Å². The quantitative estimate of drug-likeness (QED) is 0.688. The van der Waals surface area contributed by atoms with Gasteiger partial charge < -0.3 is 0 Å². The Kier molecular flexibility index (Phi) is 4.32. The molecule has 0 N–H and O–H groups in total. The molecule has 0 saturated carbocycles. The van der Waals surface area contributed by atoms with E-state index in [1.807, 2.05) is 0 Å². The molecular weight excluding hydrogens is 285 g/mol. The molecule has 0 aromatic heterocycles. The van der Waals surface area contributed by atoms with Crippen LogP contribution in [0.3, 0.4) is 0 Å². The molecule has 0 amide bonds. The van der Waals surface area contributed by atoms with E-state index in [1.165, 1.54) is 0 Å². The maximum absolute atomic E-state index is 2.35. The van der Waals surface area contributed by atoms with Gasteiger partial charge in [-0.1, -0.05) is 0 Å². The van der Waals surface area contributed by atoms with Crippen LogP contribution >= 0.6 is 0 Å². The minimum atomic E-state index is -0.319. The average Bonchev–Trinajstić information content (AvgIpc) is 1.59. The summed E-state index contributed by atoms with van der Waals surface area (Å²) < 4.78 is 3.14. The number of hydrogen-bond acceptors (Lipinski definition) is 0. The Morgan fingerprint density at radius 2 is 1.75 bits per heavy atom. The summed E-state index contributed by atoms with van der Waals surface area (Å²) in [7, 11) is 0. The summed E-state index contributed by atoms with van der Waals surface area (Å²) in [5.41, 5.74) is 0.650. The molecule has 0 heterocycles. The van der Waals surface area contributed by atoms with Gasteiger partial charge in [0, 0.05) is 0 Å². The van der Waals surface area contributed by atoms with Crippen LogP contribution in [-0.4, -0.2) is 0 Å². The number of hydrogen-bond donors (Lipinski definition) is 0. The molecule has 0 saturated heterocycles. The Morgan fingerprint density at radius 3 is 1.88 bits per heavy atom. The summed E-state index contributed by atoms with van der Waals surface area (Å²) >= 11 is -0.319. The van der Waals surface area contributed by atoms with E-state index >= 15 is 0 Å². The van der Waals surface area contributed by atoms with Crippen molar-refractivity contribution in [2.45, 2.75) is 35.6 Å². The number of rotatable bonds is 2. The fraction of sp³-hybridized carbons (Fsp3) is 1.00. The predicted octanol–water partition coefficient (Wildman–Crippen LogP) is 2.97. The van der Waals surface area contributed by atoms with Crippen molar-refractivity contribution < 1.29 is 24.6 Å². The van der Waals surface area contributed by atoms with E-state index in [0.717, 1.165) is 0 Å². The van der Waals surface area contributed by atoms with E-state index in [2.05, 4.69) is 27.7 Å². The van der Waals surface area contributed by atoms with Crippen LogP contribution in [0.15, 0.2) is 0 Å². The van der Waals surface area contributed by atoms with Gasteiger partial charge in [-0.3, -0.25) is 0 Å². The molecule has 0 aromatic carbocycles. The first kappa shape index (κ1) is 8.94. The predicted molar refractivity (Wildman–Crippen MR) is 34.7 cm³/mol. The Labute approximate surface area is 65.5 Å². The average molecular weight is 301 g/mol. The van der Waals surface area contributed by atoms with Gasteiger partial charge in [-0.25, -0.2) is 0 Å². The Balaban J connectivity index is 3.11. The third kappa shape index (κ3) is 6.94. The first-order chi connectivity index (χ1) is 3.56. The molecule has 0 unspecified atom stereocenters. The van der Waals surface area contributed by atoms with E-state index in [4.69, 9.17) is 0 Å². The zero-order valence-corrected chi connectivity index (χ0v) is 12.1. The van der Waals surface area contributed by atoms with E-state index in [-0.39, 0.29) is 24.6 Å². The van der Waals surface area contributed by atoms with Crippen LogP contribution in [0, 0.1) is 5.41 Å². The summed E-state index contributed by atoms with van der Waals surface area (Å²) in [5, 5.41) is 0. The van der Waals surface area contributed by atoms with Crippen molar-refractivity contribution in [2.75, 3.05) is 0 Å². The van der Waals surface area contributed by atoms with E-state index in [0.29, 0.717) is 5.41 Å². The van der Waals surface area contributed by atoms with Crippen molar-refractivity contribution in [3.05, 3.63) is 0 Å². The zero-order valence-electron chi connectivity index (χ0n) is 6.62. The second-order valence-corrected chi connectivity index (χ2v) is 12.2. The Morgan fingerprint density at radius 1 is 1.25 bits per heavy atom. The molecule has 46 valence electrons. The molecule has 0 aliphatic carbocycles. The molecule has 0 rings (SSSR count). The van der Waals surface area contributed by atoms with Gasteiger partial charge in [-0.2, -0.15) is 0 Å². The molecule has 0 aliphatic heterocycles. The van der Waals surface area contributed by atoms with Gasteiger partial charge in [0.15, 0.2) is 0 Å².